The summed E-state index contributed by atoms with van der Waals surface area (Å²) in [7, 11) is 0. The van der Waals surface area contributed by atoms with Gasteiger partial charge in [-0.2, -0.15) is 0 Å². The Morgan fingerprint density at radius 1 is 1.26 bits per heavy atom. The van der Waals surface area contributed by atoms with Gasteiger partial charge in [-0.05, 0) is 62.6 Å². The molecular weight excluding hydrogens is 284 g/mol. The summed E-state index contributed by atoms with van der Waals surface area (Å²) in [5.41, 5.74) is 4.51. The number of carbonyl (C=O) groups is 1. The summed E-state index contributed by atoms with van der Waals surface area (Å²) in [5.74, 6) is 0.167. The zero-order valence-electron chi connectivity index (χ0n) is 13.8. The highest BCUT2D eigenvalue weighted by atomic mass is 16.1. The maximum absolute atomic E-state index is 12.6. The Morgan fingerprint density at radius 3 is 2.83 bits per heavy atom. The molecule has 0 saturated heterocycles. The predicted molar refractivity (Wildman–Crippen MR) is 95.2 cm³/mol. The van der Waals surface area contributed by atoms with Gasteiger partial charge in [0.15, 0.2) is 5.78 Å². The first kappa shape index (κ1) is 15.8. The summed E-state index contributed by atoms with van der Waals surface area (Å²) in [4.78, 5) is 12.6. The number of carbonyl (C=O) groups excluding carboxylic acids is 1. The topological polar surface area (TPSA) is 41.1 Å². The first-order valence-corrected chi connectivity index (χ1v) is 8.34. The van der Waals surface area contributed by atoms with Crippen LogP contribution in [0.25, 0.3) is 0 Å². The molecular formula is C20H24N2O. The molecule has 2 aromatic carbocycles. The number of fused-ring (bicyclic) bond motifs is 1. The third-order valence-electron chi connectivity index (χ3n) is 4.42. The first-order valence-electron chi connectivity index (χ1n) is 8.34. The number of hydrogen-bond donors (Lipinski definition) is 2. The second kappa shape index (κ2) is 6.97. The van der Waals surface area contributed by atoms with Crippen molar-refractivity contribution in [3.05, 3.63) is 65.2 Å². The molecule has 1 aliphatic rings. The fourth-order valence-corrected chi connectivity index (χ4v) is 3.12. The molecule has 23 heavy (non-hydrogen) atoms. The van der Waals surface area contributed by atoms with Crippen LogP contribution in [0.3, 0.4) is 0 Å². The molecule has 2 aromatic rings. The molecule has 3 heteroatoms. The molecule has 120 valence electrons. The van der Waals surface area contributed by atoms with Crippen LogP contribution in [0.5, 0.6) is 0 Å². The largest absolute Gasteiger partial charge is 0.382 e. The Hall–Kier alpha value is -2.13. The van der Waals surface area contributed by atoms with E-state index in [0.717, 1.165) is 24.9 Å². The molecule has 0 aliphatic carbocycles. The van der Waals surface area contributed by atoms with Gasteiger partial charge >= 0.3 is 0 Å². The van der Waals surface area contributed by atoms with Gasteiger partial charge in [0.1, 0.15) is 0 Å². The Balaban J connectivity index is 1.56. The van der Waals surface area contributed by atoms with E-state index >= 15 is 0 Å². The summed E-state index contributed by atoms with van der Waals surface area (Å²) in [6.07, 6.45) is 1.93. The van der Waals surface area contributed by atoms with Crippen LogP contribution in [0.4, 0.5) is 5.69 Å². The van der Waals surface area contributed by atoms with Crippen molar-refractivity contribution in [1.29, 1.82) is 0 Å². The predicted octanol–water partition coefficient (Wildman–Crippen LogP) is 3.45. The van der Waals surface area contributed by atoms with Crippen LogP contribution in [-0.4, -0.2) is 24.4 Å². The minimum Gasteiger partial charge on any atom is -0.382 e. The molecule has 2 N–H and O–H groups in total. The maximum atomic E-state index is 12.6. The Morgan fingerprint density at radius 2 is 2.04 bits per heavy atom. The van der Waals surface area contributed by atoms with E-state index in [1.807, 2.05) is 43.3 Å². The van der Waals surface area contributed by atoms with Gasteiger partial charge in [-0.3, -0.25) is 4.79 Å². The second-order valence-electron chi connectivity index (χ2n) is 6.40. The summed E-state index contributed by atoms with van der Waals surface area (Å²) in [6, 6.07) is 16.6. The molecule has 0 amide bonds. The van der Waals surface area contributed by atoms with Crippen LogP contribution >= 0.6 is 0 Å². The molecule has 2 unspecified atom stereocenters. The zero-order chi connectivity index (χ0) is 16.2. The third-order valence-corrected chi connectivity index (χ3v) is 4.42. The summed E-state index contributed by atoms with van der Waals surface area (Å²) >= 11 is 0. The Kier molecular flexibility index (Phi) is 4.77. The van der Waals surface area contributed by atoms with E-state index in [0.29, 0.717) is 6.04 Å². The van der Waals surface area contributed by atoms with Gasteiger partial charge in [0, 0.05) is 17.3 Å². The average molecular weight is 308 g/mol. The number of hydrogen-bond acceptors (Lipinski definition) is 3. The van der Waals surface area contributed by atoms with Crippen molar-refractivity contribution >= 4 is 11.5 Å². The quantitative estimate of drug-likeness (QED) is 0.803. The number of benzene rings is 2. The number of anilines is 1. The van der Waals surface area contributed by atoms with Crippen molar-refractivity contribution in [2.24, 2.45) is 0 Å². The van der Waals surface area contributed by atoms with Crippen LogP contribution in [-0.2, 0) is 12.8 Å². The van der Waals surface area contributed by atoms with Crippen LogP contribution in [0, 0.1) is 0 Å². The molecule has 0 bridgehead atoms. The van der Waals surface area contributed by atoms with E-state index in [-0.39, 0.29) is 11.8 Å². The molecule has 3 nitrogen and oxygen atoms in total. The van der Waals surface area contributed by atoms with Crippen LogP contribution in [0.15, 0.2) is 48.5 Å². The molecule has 0 saturated carbocycles. The summed E-state index contributed by atoms with van der Waals surface area (Å²) < 4.78 is 0. The number of Topliss-reactive ketones (excluding diaryl/α,β-unsaturated/α-hetero) is 1. The molecule has 2 atom stereocenters. The first-order chi connectivity index (χ1) is 11.1. The summed E-state index contributed by atoms with van der Waals surface area (Å²) in [6.45, 7) is 4.91. The monoisotopic (exact) mass is 308 g/mol. The molecule has 0 radical (unpaired) electrons. The van der Waals surface area contributed by atoms with Gasteiger partial charge in [0.2, 0.25) is 0 Å². The lowest BCUT2D eigenvalue weighted by Gasteiger charge is -2.13. The normalized spacial score (nSPS) is 17.4. The average Bonchev–Trinajstić information content (AvgIpc) is 2.94. The lowest BCUT2D eigenvalue weighted by Crippen LogP contribution is -2.35. The van der Waals surface area contributed by atoms with Crippen molar-refractivity contribution in [2.75, 3.05) is 11.9 Å². The van der Waals surface area contributed by atoms with Crippen molar-refractivity contribution in [2.45, 2.75) is 38.8 Å². The van der Waals surface area contributed by atoms with Crippen LogP contribution in [0.1, 0.15) is 35.3 Å². The van der Waals surface area contributed by atoms with E-state index in [9.17, 15) is 4.79 Å². The SMILES string of the molecule is CC1Cc2cc(C(=O)C(C)NCCc3ccccc3)ccc2N1. The van der Waals surface area contributed by atoms with Gasteiger partial charge < -0.3 is 10.6 Å². The van der Waals surface area contributed by atoms with Crippen molar-refractivity contribution in [1.82, 2.24) is 5.32 Å². The lowest BCUT2D eigenvalue weighted by molar-refractivity contribution is 0.0951. The van der Waals surface area contributed by atoms with Crippen molar-refractivity contribution < 1.29 is 4.79 Å². The molecule has 0 aromatic heterocycles. The molecule has 1 heterocycles. The van der Waals surface area contributed by atoms with E-state index in [4.69, 9.17) is 0 Å². The smallest absolute Gasteiger partial charge is 0.179 e. The van der Waals surface area contributed by atoms with Gasteiger partial charge in [-0.15, -0.1) is 0 Å². The number of nitrogens with one attached hydrogen (secondary N) is 2. The summed E-state index contributed by atoms with van der Waals surface area (Å²) in [5, 5.41) is 6.76. The van der Waals surface area contributed by atoms with E-state index < -0.39 is 0 Å². The van der Waals surface area contributed by atoms with Gasteiger partial charge in [0.25, 0.3) is 0 Å². The number of ketones is 1. The van der Waals surface area contributed by atoms with E-state index in [2.05, 4.69) is 29.7 Å². The fraction of sp³-hybridized carbons (Fsp3) is 0.350. The third kappa shape index (κ3) is 3.80. The van der Waals surface area contributed by atoms with Crippen molar-refractivity contribution in [3.63, 3.8) is 0 Å². The van der Waals surface area contributed by atoms with E-state index in [1.54, 1.807) is 0 Å². The van der Waals surface area contributed by atoms with Crippen LogP contribution < -0.4 is 10.6 Å². The minimum absolute atomic E-state index is 0.163. The highest BCUT2D eigenvalue weighted by Crippen LogP contribution is 2.26. The Labute approximate surface area is 138 Å². The van der Waals surface area contributed by atoms with E-state index in [1.165, 1.54) is 16.8 Å². The van der Waals surface area contributed by atoms with Gasteiger partial charge in [-0.1, -0.05) is 30.3 Å². The lowest BCUT2D eigenvalue weighted by atomic mass is 10.0. The molecule has 3 rings (SSSR count). The van der Waals surface area contributed by atoms with Gasteiger partial charge in [0.05, 0.1) is 6.04 Å². The van der Waals surface area contributed by atoms with Crippen LogP contribution in [0.2, 0.25) is 0 Å². The fourth-order valence-electron chi connectivity index (χ4n) is 3.12. The number of rotatable bonds is 6. The highest BCUT2D eigenvalue weighted by molar-refractivity contribution is 6.00. The minimum atomic E-state index is -0.163. The van der Waals surface area contributed by atoms with Crippen molar-refractivity contribution in [3.8, 4) is 0 Å². The zero-order valence-corrected chi connectivity index (χ0v) is 13.8. The maximum Gasteiger partial charge on any atom is 0.179 e. The molecule has 0 fully saturated rings. The standard InChI is InChI=1S/C20H24N2O/c1-14-12-18-13-17(8-9-19(18)22-14)20(23)15(2)21-11-10-16-6-4-3-5-7-16/h3-9,13-15,21-22H,10-12H2,1-2H3. The highest BCUT2D eigenvalue weighted by Gasteiger charge is 2.20. The Bertz CT molecular complexity index is 681. The molecule has 1 aliphatic heterocycles. The van der Waals surface area contributed by atoms with Gasteiger partial charge in [-0.25, -0.2) is 0 Å². The molecule has 0 spiro atoms. The second-order valence-corrected chi connectivity index (χ2v) is 6.40.